The van der Waals surface area contributed by atoms with Crippen LogP contribution in [-0.2, 0) is 0 Å². The van der Waals surface area contributed by atoms with E-state index in [0.29, 0.717) is 11.1 Å². The van der Waals surface area contributed by atoms with Crippen LogP contribution < -0.4 is 0 Å². The summed E-state index contributed by atoms with van der Waals surface area (Å²) in [4.78, 5) is 0. The lowest BCUT2D eigenvalue weighted by molar-refractivity contribution is -0.462. The zero-order chi connectivity index (χ0) is 5.86. The van der Waals surface area contributed by atoms with Crippen LogP contribution in [0.3, 0.4) is 0 Å². The molecule has 0 fully saturated rings. The summed E-state index contributed by atoms with van der Waals surface area (Å²) < 4.78 is 1.77. The van der Waals surface area contributed by atoms with Gasteiger partial charge >= 0.3 is 0 Å². The van der Waals surface area contributed by atoms with Crippen LogP contribution >= 0.6 is 23.2 Å². The van der Waals surface area contributed by atoms with E-state index in [1.165, 1.54) is 0 Å². The van der Waals surface area contributed by atoms with Gasteiger partial charge in [0.15, 0.2) is 0 Å². The summed E-state index contributed by atoms with van der Waals surface area (Å²) in [6.45, 7) is 0. The molecule has 0 amide bonds. The van der Waals surface area contributed by atoms with Gasteiger partial charge in [-0.05, 0) is 11.6 Å². The number of hydrogen-bond acceptors (Lipinski definition) is 0. The van der Waals surface area contributed by atoms with E-state index in [9.17, 15) is 0 Å². The molecule has 0 rings (SSSR count). The summed E-state index contributed by atoms with van der Waals surface area (Å²) in [5.41, 5.74) is 0. The van der Waals surface area contributed by atoms with E-state index in [-0.39, 0.29) is 0 Å². The normalized spacial score (nSPS) is 8.57. The van der Waals surface area contributed by atoms with Crippen molar-refractivity contribution in [2.75, 3.05) is 20.0 Å². The van der Waals surface area contributed by atoms with Gasteiger partial charge in [0.05, 0.1) is 0 Å². The molecular formula is C4H8Cl2N+. The number of alkyl halides is 1. The molecule has 3 heteroatoms. The molecule has 0 radical (unpaired) electrons. The number of halogens is 2. The zero-order valence-electron chi connectivity index (χ0n) is 4.41. The standard InChI is InChI=1S/C4H8Cl2N/c1-7(2)4(6)3-5/h3H2,1-2H3/q+1. The molecule has 0 spiro atoms. The van der Waals surface area contributed by atoms with Gasteiger partial charge < -0.3 is 0 Å². The summed E-state index contributed by atoms with van der Waals surface area (Å²) in [6.07, 6.45) is 0. The summed E-state index contributed by atoms with van der Waals surface area (Å²) in [7, 11) is 3.70. The predicted octanol–water partition coefficient (Wildman–Crippen LogP) is 1.13. The zero-order valence-corrected chi connectivity index (χ0v) is 5.92. The summed E-state index contributed by atoms with van der Waals surface area (Å²) in [5, 5.41) is 0.668. The maximum absolute atomic E-state index is 5.51. The smallest absolute Gasteiger partial charge is 0.228 e. The molecule has 0 aromatic rings. The van der Waals surface area contributed by atoms with E-state index in [4.69, 9.17) is 23.2 Å². The monoisotopic (exact) mass is 140 g/mol. The van der Waals surface area contributed by atoms with Crippen molar-refractivity contribution in [2.24, 2.45) is 0 Å². The Balaban J connectivity index is 3.72. The van der Waals surface area contributed by atoms with Crippen molar-refractivity contribution >= 4 is 28.4 Å². The topological polar surface area (TPSA) is 3.01 Å². The molecule has 42 valence electrons. The first-order valence-corrected chi connectivity index (χ1v) is 2.84. The van der Waals surface area contributed by atoms with Crippen molar-refractivity contribution in [3.8, 4) is 0 Å². The lowest BCUT2D eigenvalue weighted by atomic mass is 10.8. The summed E-state index contributed by atoms with van der Waals surface area (Å²) in [5.74, 6) is 0.397. The molecule has 0 aromatic carbocycles. The van der Waals surface area contributed by atoms with Crippen molar-refractivity contribution in [1.29, 1.82) is 0 Å². The highest BCUT2D eigenvalue weighted by Gasteiger charge is 1.96. The highest BCUT2D eigenvalue weighted by atomic mass is 35.5. The van der Waals surface area contributed by atoms with Gasteiger partial charge in [-0.25, -0.2) is 4.58 Å². The summed E-state index contributed by atoms with van der Waals surface area (Å²) in [6, 6.07) is 0. The third-order valence-electron chi connectivity index (χ3n) is 0.596. The average Bonchev–Trinajstić information content (AvgIpc) is 1.65. The molecule has 7 heavy (non-hydrogen) atoms. The van der Waals surface area contributed by atoms with Crippen LogP contribution in [-0.4, -0.2) is 29.7 Å². The van der Waals surface area contributed by atoms with Gasteiger partial charge in [-0.2, -0.15) is 0 Å². The molecule has 0 N–H and O–H groups in total. The Morgan fingerprint density at radius 1 is 1.57 bits per heavy atom. The minimum absolute atomic E-state index is 0.397. The molecule has 0 bridgehead atoms. The molecule has 0 unspecified atom stereocenters. The van der Waals surface area contributed by atoms with E-state index < -0.39 is 0 Å². The van der Waals surface area contributed by atoms with Gasteiger partial charge in [0, 0.05) is 0 Å². The fourth-order valence-corrected chi connectivity index (χ4v) is 0.359. The minimum atomic E-state index is 0.397. The van der Waals surface area contributed by atoms with Gasteiger partial charge in [0.2, 0.25) is 0 Å². The molecule has 0 atom stereocenters. The van der Waals surface area contributed by atoms with Crippen LogP contribution in [0.1, 0.15) is 0 Å². The molecule has 0 aliphatic rings. The van der Waals surface area contributed by atoms with Crippen LogP contribution in [0.25, 0.3) is 0 Å². The molecule has 0 aliphatic carbocycles. The predicted molar refractivity (Wildman–Crippen MR) is 33.7 cm³/mol. The molecule has 1 nitrogen and oxygen atoms in total. The maximum atomic E-state index is 5.51. The average molecular weight is 141 g/mol. The molecule has 0 aliphatic heterocycles. The highest BCUT2D eigenvalue weighted by molar-refractivity contribution is 6.68. The van der Waals surface area contributed by atoms with Crippen molar-refractivity contribution in [3.63, 3.8) is 0 Å². The lowest BCUT2D eigenvalue weighted by Gasteiger charge is -1.84. The first-order chi connectivity index (χ1) is 3.18. The van der Waals surface area contributed by atoms with E-state index in [2.05, 4.69) is 0 Å². The van der Waals surface area contributed by atoms with E-state index in [1.54, 1.807) is 4.58 Å². The van der Waals surface area contributed by atoms with Crippen molar-refractivity contribution < 1.29 is 4.58 Å². The van der Waals surface area contributed by atoms with Crippen LogP contribution in [0.5, 0.6) is 0 Å². The molecule has 0 heterocycles. The van der Waals surface area contributed by atoms with Crippen molar-refractivity contribution in [2.45, 2.75) is 0 Å². The minimum Gasteiger partial charge on any atom is -0.228 e. The fourth-order valence-electron chi connectivity index (χ4n) is 0.120. The second kappa shape index (κ2) is 3.28. The summed E-state index contributed by atoms with van der Waals surface area (Å²) >= 11 is 10.8. The number of nitrogens with zero attached hydrogens (tertiary/aromatic N) is 1. The molecular weight excluding hydrogens is 133 g/mol. The lowest BCUT2D eigenvalue weighted by Crippen LogP contribution is -2.07. The first-order valence-electron chi connectivity index (χ1n) is 1.93. The van der Waals surface area contributed by atoms with Gasteiger partial charge in [-0.15, -0.1) is 11.6 Å². The third-order valence-corrected chi connectivity index (χ3v) is 1.46. The largest absolute Gasteiger partial charge is 0.259 e. The van der Waals surface area contributed by atoms with Crippen LogP contribution in [0.4, 0.5) is 0 Å². The Labute approximate surface area is 53.5 Å². The Morgan fingerprint density at radius 3 is 2.00 bits per heavy atom. The van der Waals surface area contributed by atoms with Gasteiger partial charge in [0.1, 0.15) is 20.0 Å². The van der Waals surface area contributed by atoms with Crippen LogP contribution in [0, 0.1) is 0 Å². The number of rotatable bonds is 1. The second-order valence-electron chi connectivity index (χ2n) is 1.40. The molecule has 0 saturated carbocycles. The van der Waals surface area contributed by atoms with E-state index in [1.807, 2.05) is 14.1 Å². The van der Waals surface area contributed by atoms with Gasteiger partial charge in [-0.1, -0.05) is 0 Å². The van der Waals surface area contributed by atoms with Crippen molar-refractivity contribution in [3.05, 3.63) is 0 Å². The third kappa shape index (κ3) is 2.89. The fraction of sp³-hybridized carbons (Fsp3) is 0.750. The van der Waals surface area contributed by atoms with E-state index >= 15 is 0 Å². The molecule has 0 saturated heterocycles. The van der Waals surface area contributed by atoms with E-state index in [0.717, 1.165) is 0 Å². The Bertz CT molecular complexity index is 83.7. The Kier molecular flexibility index (Phi) is 3.39. The molecule has 0 aromatic heterocycles. The Morgan fingerprint density at radius 2 is 2.00 bits per heavy atom. The van der Waals surface area contributed by atoms with Crippen LogP contribution in [0.2, 0.25) is 0 Å². The SMILES string of the molecule is C[N+](C)=C(Cl)CCl. The maximum Gasteiger partial charge on any atom is 0.259 e. The van der Waals surface area contributed by atoms with Gasteiger partial charge in [-0.3, -0.25) is 0 Å². The van der Waals surface area contributed by atoms with Crippen LogP contribution in [0.15, 0.2) is 0 Å². The van der Waals surface area contributed by atoms with Crippen molar-refractivity contribution in [1.82, 2.24) is 0 Å². The van der Waals surface area contributed by atoms with Gasteiger partial charge in [0.25, 0.3) is 5.17 Å². The number of hydrogen-bond donors (Lipinski definition) is 0. The first kappa shape index (κ1) is 7.25. The Hall–Kier alpha value is 0.250. The highest BCUT2D eigenvalue weighted by Crippen LogP contribution is 1.85. The second-order valence-corrected chi connectivity index (χ2v) is 2.11. The quantitative estimate of drug-likeness (QED) is 0.292.